The third-order valence-corrected chi connectivity index (χ3v) is 3.51. The summed E-state index contributed by atoms with van der Waals surface area (Å²) in [5, 5.41) is 8.90. The van der Waals surface area contributed by atoms with Crippen LogP contribution in [0.25, 0.3) is 0 Å². The number of hydrogen-bond donors (Lipinski definition) is 2. The second kappa shape index (κ2) is 4.94. The molecule has 0 radical (unpaired) electrons. The molecule has 1 aliphatic carbocycles. The molecular formula is C11H21NO3. The number of carbonyl (C=O) groups is 1. The van der Waals surface area contributed by atoms with Gasteiger partial charge in [0.2, 0.25) is 0 Å². The first-order valence-electron chi connectivity index (χ1n) is 5.55. The molecule has 1 fully saturated rings. The maximum absolute atomic E-state index is 10.8. The van der Waals surface area contributed by atoms with Crippen LogP contribution in [0.5, 0.6) is 0 Å². The lowest BCUT2D eigenvalue weighted by Gasteiger charge is -2.41. The molecule has 1 saturated carbocycles. The molecule has 2 N–H and O–H groups in total. The Hall–Kier alpha value is -0.610. The van der Waals surface area contributed by atoms with E-state index >= 15 is 0 Å². The molecule has 3 atom stereocenters. The van der Waals surface area contributed by atoms with Gasteiger partial charge in [0.15, 0.2) is 0 Å². The summed E-state index contributed by atoms with van der Waals surface area (Å²) in [5.74, 6) is 0.394. The number of nitrogens with one attached hydrogen (secondary N) is 1. The zero-order valence-electron chi connectivity index (χ0n) is 9.75. The van der Waals surface area contributed by atoms with Crippen LogP contribution in [0.3, 0.4) is 0 Å². The summed E-state index contributed by atoms with van der Waals surface area (Å²) in [5.41, 5.74) is 2.15. The van der Waals surface area contributed by atoms with Gasteiger partial charge in [-0.15, -0.1) is 0 Å². The second-order valence-corrected chi connectivity index (χ2v) is 4.76. The predicted molar refractivity (Wildman–Crippen MR) is 57.3 cm³/mol. The highest BCUT2D eigenvalue weighted by Crippen LogP contribution is 2.40. The largest absolute Gasteiger partial charge is 0.481 e. The lowest BCUT2D eigenvalue weighted by Crippen LogP contribution is -2.44. The molecule has 0 aromatic heterocycles. The van der Waals surface area contributed by atoms with Crippen LogP contribution in [0.4, 0.5) is 0 Å². The molecule has 1 rings (SSSR count). The van der Waals surface area contributed by atoms with Crippen LogP contribution >= 0.6 is 0 Å². The van der Waals surface area contributed by atoms with Crippen molar-refractivity contribution in [3.05, 3.63) is 0 Å². The number of carboxylic acids is 1. The number of aliphatic carboxylic acids is 1. The highest BCUT2D eigenvalue weighted by atomic mass is 16.7. The van der Waals surface area contributed by atoms with Gasteiger partial charge >= 0.3 is 5.97 Å². The van der Waals surface area contributed by atoms with Crippen LogP contribution in [-0.2, 0) is 9.63 Å². The number of hydrogen-bond acceptors (Lipinski definition) is 3. The van der Waals surface area contributed by atoms with Gasteiger partial charge < -0.3 is 5.11 Å². The molecule has 4 heteroatoms. The van der Waals surface area contributed by atoms with Gasteiger partial charge in [-0.2, -0.15) is 0 Å². The smallest absolute Gasteiger partial charge is 0.306 e. The van der Waals surface area contributed by atoms with Crippen LogP contribution in [0.15, 0.2) is 0 Å². The topological polar surface area (TPSA) is 58.6 Å². The van der Waals surface area contributed by atoms with Crippen molar-refractivity contribution in [2.24, 2.45) is 11.8 Å². The molecule has 0 spiro atoms. The van der Waals surface area contributed by atoms with Crippen molar-refractivity contribution < 1.29 is 14.7 Å². The number of rotatable bonds is 4. The Labute approximate surface area is 91.0 Å². The summed E-state index contributed by atoms with van der Waals surface area (Å²) in [6.45, 7) is 4.38. The summed E-state index contributed by atoms with van der Waals surface area (Å²) >= 11 is 0. The van der Waals surface area contributed by atoms with Gasteiger partial charge in [-0.25, -0.2) is 5.48 Å². The van der Waals surface area contributed by atoms with Crippen LogP contribution in [-0.4, -0.2) is 23.7 Å². The van der Waals surface area contributed by atoms with Crippen LogP contribution < -0.4 is 5.48 Å². The lowest BCUT2D eigenvalue weighted by molar-refractivity contribution is -0.163. The predicted octanol–water partition coefficient (Wildman–Crippen LogP) is 1.81. The number of hydroxylamine groups is 1. The van der Waals surface area contributed by atoms with Gasteiger partial charge in [0.1, 0.15) is 5.60 Å². The van der Waals surface area contributed by atoms with E-state index in [0.29, 0.717) is 11.8 Å². The van der Waals surface area contributed by atoms with Crippen molar-refractivity contribution in [2.45, 2.75) is 45.1 Å². The maximum atomic E-state index is 10.8. The van der Waals surface area contributed by atoms with Gasteiger partial charge in [0.25, 0.3) is 0 Å². The Kier molecular flexibility index (Phi) is 4.11. The fraction of sp³-hybridized carbons (Fsp3) is 0.909. The van der Waals surface area contributed by atoms with Crippen molar-refractivity contribution in [3.8, 4) is 0 Å². The monoisotopic (exact) mass is 215 g/mol. The summed E-state index contributed by atoms with van der Waals surface area (Å²) in [6, 6.07) is 0. The van der Waals surface area contributed by atoms with Gasteiger partial charge in [-0.1, -0.05) is 13.8 Å². The van der Waals surface area contributed by atoms with E-state index in [1.807, 2.05) is 0 Å². The van der Waals surface area contributed by atoms with E-state index in [1.54, 1.807) is 7.05 Å². The minimum Gasteiger partial charge on any atom is -0.481 e. The van der Waals surface area contributed by atoms with E-state index in [-0.39, 0.29) is 6.42 Å². The zero-order chi connectivity index (χ0) is 11.5. The standard InChI is InChI=1S/C11H21NO3/c1-8-4-5-11(15-12-3,6-9(8)2)7-10(13)14/h8-9,12H,4-7H2,1-3H3,(H,13,14). The molecule has 88 valence electrons. The molecule has 0 aromatic carbocycles. The molecule has 15 heavy (non-hydrogen) atoms. The van der Waals surface area contributed by atoms with Crippen molar-refractivity contribution in [1.82, 2.24) is 5.48 Å². The molecule has 3 unspecified atom stereocenters. The average Bonchev–Trinajstić information content (AvgIpc) is 2.11. The van der Waals surface area contributed by atoms with Crippen molar-refractivity contribution in [1.29, 1.82) is 0 Å². The Bertz CT molecular complexity index is 232. The van der Waals surface area contributed by atoms with Crippen LogP contribution in [0.1, 0.15) is 39.5 Å². The minimum absolute atomic E-state index is 0.0882. The highest BCUT2D eigenvalue weighted by molar-refractivity contribution is 5.68. The third kappa shape index (κ3) is 3.18. The molecular weight excluding hydrogens is 194 g/mol. The Morgan fingerprint density at radius 3 is 2.67 bits per heavy atom. The first-order valence-corrected chi connectivity index (χ1v) is 5.55. The normalized spacial score (nSPS) is 36.5. The van der Waals surface area contributed by atoms with E-state index < -0.39 is 11.6 Å². The van der Waals surface area contributed by atoms with Gasteiger partial charge in [0, 0.05) is 7.05 Å². The molecule has 0 amide bonds. The highest BCUT2D eigenvalue weighted by Gasteiger charge is 2.40. The van der Waals surface area contributed by atoms with Gasteiger partial charge in [-0.05, 0) is 31.1 Å². The summed E-state index contributed by atoms with van der Waals surface area (Å²) in [6.07, 6.45) is 2.77. The van der Waals surface area contributed by atoms with Gasteiger partial charge in [0.05, 0.1) is 6.42 Å². The number of carboxylic acid groups (broad SMARTS) is 1. The van der Waals surface area contributed by atoms with Gasteiger partial charge in [-0.3, -0.25) is 9.63 Å². The molecule has 0 heterocycles. The maximum Gasteiger partial charge on any atom is 0.306 e. The van der Waals surface area contributed by atoms with Crippen molar-refractivity contribution in [2.75, 3.05) is 7.05 Å². The summed E-state index contributed by atoms with van der Waals surface area (Å²) in [7, 11) is 1.69. The Morgan fingerprint density at radius 1 is 1.53 bits per heavy atom. The second-order valence-electron chi connectivity index (χ2n) is 4.76. The molecule has 1 aliphatic rings. The molecule has 4 nitrogen and oxygen atoms in total. The zero-order valence-corrected chi connectivity index (χ0v) is 9.75. The molecule has 0 saturated heterocycles. The molecule has 0 bridgehead atoms. The van der Waals surface area contributed by atoms with E-state index in [0.717, 1.165) is 19.3 Å². The SMILES string of the molecule is CNOC1(CC(=O)O)CCC(C)C(C)C1. The van der Waals surface area contributed by atoms with E-state index in [2.05, 4.69) is 19.3 Å². The fourth-order valence-corrected chi connectivity index (χ4v) is 2.45. The quantitative estimate of drug-likeness (QED) is 0.702. The van der Waals surface area contributed by atoms with E-state index in [1.165, 1.54) is 0 Å². The minimum atomic E-state index is -0.785. The van der Waals surface area contributed by atoms with Crippen molar-refractivity contribution >= 4 is 5.97 Å². The van der Waals surface area contributed by atoms with E-state index in [4.69, 9.17) is 9.94 Å². The lowest BCUT2D eigenvalue weighted by atomic mass is 9.72. The van der Waals surface area contributed by atoms with Crippen LogP contribution in [0.2, 0.25) is 0 Å². The van der Waals surface area contributed by atoms with Crippen LogP contribution in [0, 0.1) is 11.8 Å². The average molecular weight is 215 g/mol. The third-order valence-electron chi connectivity index (χ3n) is 3.51. The fourth-order valence-electron chi connectivity index (χ4n) is 2.45. The molecule has 0 aliphatic heterocycles. The van der Waals surface area contributed by atoms with Crippen molar-refractivity contribution in [3.63, 3.8) is 0 Å². The Balaban J connectivity index is 2.69. The summed E-state index contributed by atoms with van der Waals surface area (Å²) < 4.78 is 0. The molecule has 0 aromatic rings. The Morgan fingerprint density at radius 2 is 2.20 bits per heavy atom. The van der Waals surface area contributed by atoms with E-state index in [9.17, 15) is 4.79 Å². The first kappa shape index (κ1) is 12.5. The first-order chi connectivity index (χ1) is 6.99. The summed E-state index contributed by atoms with van der Waals surface area (Å²) in [4.78, 5) is 16.3.